The molecule has 0 radical (unpaired) electrons. The van der Waals surface area contributed by atoms with E-state index in [1.165, 1.54) is 0 Å². The molecule has 2 unspecified atom stereocenters. The molecule has 0 amide bonds. The lowest BCUT2D eigenvalue weighted by Gasteiger charge is -2.35. The molecule has 5 heteroatoms. The number of aliphatic carboxylic acids is 1. The highest BCUT2D eigenvalue weighted by Crippen LogP contribution is 2.26. The summed E-state index contributed by atoms with van der Waals surface area (Å²) in [7, 11) is 5.73. The SMILES string of the molecule is C[N+](C)(C)CC(O)(CC(=O)[O-])CC1CO1. The summed E-state index contributed by atoms with van der Waals surface area (Å²) in [4.78, 5) is 10.6. The zero-order valence-electron chi connectivity index (χ0n) is 9.52. The van der Waals surface area contributed by atoms with Crippen LogP contribution in [0.2, 0.25) is 0 Å². The first-order chi connectivity index (χ1) is 6.70. The smallest absolute Gasteiger partial charge is 0.121 e. The number of carbonyl (C=O) groups excluding carboxylic acids is 1. The summed E-state index contributed by atoms with van der Waals surface area (Å²) in [6, 6.07) is 0. The lowest BCUT2D eigenvalue weighted by molar-refractivity contribution is -0.877. The zero-order valence-corrected chi connectivity index (χ0v) is 9.52. The van der Waals surface area contributed by atoms with E-state index in [9.17, 15) is 15.0 Å². The molecule has 0 spiro atoms. The second-order valence-electron chi connectivity index (χ2n) is 5.38. The Labute approximate surface area is 89.9 Å². The topological polar surface area (TPSA) is 72.9 Å². The highest BCUT2D eigenvalue weighted by Gasteiger charge is 2.40. The van der Waals surface area contributed by atoms with Crippen LogP contribution in [0.3, 0.4) is 0 Å². The number of carboxylic acids is 1. The van der Waals surface area contributed by atoms with Gasteiger partial charge in [0.05, 0.1) is 33.9 Å². The van der Waals surface area contributed by atoms with Gasteiger partial charge in [0, 0.05) is 18.8 Å². The van der Waals surface area contributed by atoms with Crippen LogP contribution in [-0.2, 0) is 9.53 Å². The molecule has 0 aromatic carbocycles. The number of hydrogen-bond acceptors (Lipinski definition) is 4. The molecule has 1 saturated heterocycles. The summed E-state index contributed by atoms with van der Waals surface area (Å²) in [5.41, 5.74) is -1.22. The quantitative estimate of drug-likeness (QED) is 0.427. The summed E-state index contributed by atoms with van der Waals surface area (Å²) in [6.45, 7) is 0.993. The number of carboxylic acid groups (broad SMARTS) is 1. The van der Waals surface area contributed by atoms with Crippen LogP contribution in [0.5, 0.6) is 0 Å². The van der Waals surface area contributed by atoms with Gasteiger partial charge < -0.3 is 24.2 Å². The molecular weight excluding hydrogens is 198 g/mol. The maximum atomic E-state index is 10.6. The van der Waals surface area contributed by atoms with E-state index < -0.39 is 11.6 Å². The van der Waals surface area contributed by atoms with Gasteiger partial charge in [-0.05, 0) is 0 Å². The third kappa shape index (κ3) is 5.11. The number of epoxide rings is 1. The molecule has 1 aliphatic heterocycles. The molecule has 1 aliphatic rings. The fraction of sp³-hybridized carbons (Fsp3) is 0.900. The summed E-state index contributed by atoms with van der Waals surface area (Å²) >= 11 is 0. The standard InChI is InChI=1S/C10H19NO4/c1-11(2,3)7-10(14,5-9(12)13)4-8-6-15-8/h8,14H,4-7H2,1-3H3. The maximum absolute atomic E-state index is 10.6. The van der Waals surface area contributed by atoms with Gasteiger partial charge >= 0.3 is 0 Å². The Morgan fingerprint density at radius 2 is 2.13 bits per heavy atom. The van der Waals surface area contributed by atoms with Crippen molar-refractivity contribution in [1.82, 2.24) is 0 Å². The minimum absolute atomic E-state index is 0.0147. The number of likely N-dealkylation sites (N-methyl/N-ethyl adjacent to an activating group) is 1. The van der Waals surface area contributed by atoms with Gasteiger partial charge in [0.25, 0.3) is 0 Å². The van der Waals surface area contributed by atoms with Crippen LogP contribution < -0.4 is 5.11 Å². The van der Waals surface area contributed by atoms with Gasteiger partial charge in [-0.15, -0.1) is 0 Å². The first kappa shape index (κ1) is 12.4. The number of aliphatic hydroxyl groups is 1. The van der Waals surface area contributed by atoms with Gasteiger partial charge in [-0.25, -0.2) is 0 Å². The summed E-state index contributed by atoms with van der Waals surface area (Å²) in [5, 5.41) is 20.8. The van der Waals surface area contributed by atoms with Crippen LogP contribution >= 0.6 is 0 Å². The van der Waals surface area contributed by atoms with E-state index in [0.29, 0.717) is 24.1 Å². The molecule has 1 fully saturated rings. The van der Waals surface area contributed by atoms with Gasteiger partial charge in [0.15, 0.2) is 0 Å². The Morgan fingerprint density at radius 1 is 1.60 bits per heavy atom. The lowest BCUT2D eigenvalue weighted by Crippen LogP contribution is -2.52. The second kappa shape index (κ2) is 4.08. The monoisotopic (exact) mass is 217 g/mol. The van der Waals surface area contributed by atoms with Crippen molar-refractivity contribution in [3.63, 3.8) is 0 Å². The van der Waals surface area contributed by atoms with Crippen LogP contribution in [-0.4, -0.2) is 61.6 Å². The van der Waals surface area contributed by atoms with E-state index in [1.807, 2.05) is 21.1 Å². The van der Waals surface area contributed by atoms with Crippen molar-refractivity contribution >= 4 is 5.97 Å². The van der Waals surface area contributed by atoms with Gasteiger partial charge in [-0.2, -0.15) is 0 Å². The number of nitrogens with zero attached hydrogens (tertiary/aromatic N) is 1. The van der Waals surface area contributed by atoms with Crippen LogP contribution in [0.25, 0.3) is 0 Å². The molecule has 0 aromatic heterocycles. The van der Waals surface area contributed by atoms with E-state index in [4.69, 9.17) is 4.74 Å². The fourth-order valence-corrected chi connectivity index (χ4v) is 1.95. The predicted octanol–water partition coefficient (Wildman–Crippen LogP) is -1.65. The summed E-state index contributed by atoms with van der Waals surface area (Å²) in [6.07, 6.45) is 0.0553. The first-order valence-corrected chi connectivity index (χ1v) is 5.04. The highest BCUT2D eigenvalue weighted by atomic mass is 16.6. The molecular formula is C10H19NO4. The van der Waals surface area contributed by atoms with Crippen molar-refractivity contribution in [3.8, 4) is 0 Å². The van der Waals surface area contributed by atoms with Crippen LogP contribution in [0.1, 0.15) is 12.8 Å². The molecule has 88 valence electrons. The van der Waals surface area contributed by atoms with Crippen LogP contribution in [0.4, 0.5) is 0 Å². The molecule has 0 saturated carbocycles. The number of quaternary nitrogens is 1. The second-order valence-corrected chi connectivity index (χ2v) is 5.38. The molecule has 0 bridgehead atoms. The van der Waals surface area contributed by atoms with Crippen molar-refractivity contribution in [1.29, 1.82) is 0 Å². The molecule has 1 rings (SSSR count). The molecule has 1 N–H and O–H groups in total. The molecule has 1 heterocycles. The number of hydrogen-bond donors (Lipinski definition) is 1. The Balaban J connectivity index is 2.60. The fourth-order valence-electron chi connectivity index (χ4n) is 1.95. The minimum Gasteiger partial charge on any atom is -0.550 e. The Bertz CT molecular complexity index is 244. The van der Waals surface area contributed by atoms with E-state index in [1.54, 1.807) is 0 Å². The van der Waals surface area contributed by atoms with Gasteiger partial charge in [0.2, 0.25) is 0 Å². The minimum atomic E-state index is -1.22. The summed E-state index contributed by atoms with van der Waals surface area (Å²) < 4.78 is 5.53. The third-order valence-electron chi connectivity index (χ3n) is 2.25. The van der Waals surface area contributed by atoms with Crippen LogP contribution in [0.15, 0.2) is 0 Å². The Morgan fingerprint density at radius 3 is 2.47 bits per heavy atom. The van der Waals surface area contributed by atoms with Crippen molar-refractivity contribution in [2.45, 2.75) is 24.5 Å². The Kier molecular flexibility index (Phi) is 3.38. The molecule has 0 aliphatic carbocycles. The highest BCUT2D eigenvalue weighted by molar-refractivity contribution is 5.65. The molecule has 15 heavy (non-hydrogen) atoms. The largest absolute Gasteiger partial charge is 0.550 e. The molecule has 5 nitrogen and oxygen atoms in total. The molecule has 2 atom stereocenters. The zero-order chi connectivity index (χ0) is 11.7. The van der Waals surface area contributed by atoms with Gasteiger partial charge in [0.1, 0.15) is 12.1 Å². The third-order valence-corrected chi connectivity index (χ3v) is 2.25. The average Bonchev–Trinajstić information content (AvgIpc) is 2.62. The molecule has 0 aromatic rings. The van der Waals surface area contributed by atoms with Crippen molar-refractivity contribution in [3.05, 3.63) is 0 Å². The lowest BCUT2D eigenvalue weighted by atomic mass is 9.92. The van der Waals surface area contributed by atoms with Crippen molar-refractivity contribution in [2.75, 3.05) is 34.3 Å². The maximum Gasteiger partial charge on any atom is 0.121 e. The predicted molar refractivity (Wildman–Crippen MR) is 51.8 cm³/mol. The van der Waals surface area contributed by atoms with Crippen molar-refractivity contribution in [2.24, 2.45) is 0 Å². The average molecular weight is 217 g/mol. The first-order valence-electron chi connectivity index (χ1n) is 5.04. The van der Waals surface area contributed by atoms with E-state index in [0.717, 1.165) is 0 Å². The number of rotatable bonds is 6. The van der Waals surface area contributed by atoms with E-state index in [-0.39, 0.29) is 12.5 Å². The Hall–Kier alpha value is -0.650. The van der Waals surface area contributed by atoms with E-state index >= 15 is 0 Å². The van der Waals surface area contributed by atoms with Gasteiger partial charge in [-0.1, -0.05) is 0 Å². The van der Waals surface area contributed by atoms with E-state index in [2.05, 4.69) is 0 Å². The van der Waals surface area contributed by atoms with Gasteiger partial charge in [-0.3, -0.25) is 0 Å². The number of ether oxygens (including phenoxy) is 1. The number of carbonyl (C=O) groups is 1. The normalized spacial score (nSPS) is 24.7. The van der Waals surface area contributed by atoms with Crippen LogP contribution in [0, 0.1) is 0 Å². The summed E-state index contributed by atoms with van der Waals surface area (Å²) in [5.74, 6) is -1.22. The van der Waals surface area contributed by atoms with Crippen molar-refractivity contribution < 1.29 is 24.2 Å².